The van der Waals surface area contributed by atoms with Gasteiger partial charge in [0, 0.05) is 18.2 Å². The molecule has 0 fully saturated rings. The SMILES string of the molecule is CCCCCCNC(=O)c1ccc2c(c1)n(CC)c(CNC(=O)c1nc(C)cnc1N)[n+]2CC. The van der Waals surface area contributed by atoms with Crippen LogP contribution >= 0.6 is 0 Å². The van der Waals surface area contributed by atoms with Crippen molar-refractivity contribution in [3.63, 3.8) is 0 Å². The van der Waals surface area contributed by atoms with Gasteiger partial charge in [0.05, 0.1) is 25.0 Å². The Hall–Kier alpha value is -3.49. The lowest BCUT2D eigenvalue weighted by molar-refractivity contribution is -0.676. The summed E-state index contributed by atoms with van der Waals surface area (Å²) in [6.07, 6.45) is 6.00. The zero-order valence-electron chi connectivity index (χ0n) is 20.6. The number of carbonyl (C=O) groups is 2. The third-order valence-electron chi connectivity index (χ3n) is 5.93. The second-order valence-electron chi connectivity index (χ2n) is 8.35. The number of imidazole rings is 1. The summed E-state index contributed by atoms with van der Waals surface area (Å²) in [5.74, 6) is 0.610. The number of unbranched alkanes of at least 4 members (excludes halogenated alkanes) is 3. The highest BCUT2D eigenvalue weighted by Gasteiger charge is 2.25. The van der Waals surface area contributed by atoms with Gasteiger partial charge >= 0.3 is 0 Å². The monoisotopic (exact) mass is 466 g/mol. The number of fused-ring (bicyclic) bond motifs is 1. The first-order valence-electron chi connectivity index (χ1n) is 12.1. The van der Waals surface area contributed by atoms with E-state index >= 15 is 0 Å². The number of nitrogen functional groups attached to an aromatic ring is 1. The minimum absolute atomic E-state index is 0.0614. The first-order valence-corrected chi connectivity index (χ1v) is 12.1. The van der Waals surface area contributed by atoms with Crippen LogP contribution in [0.3, 0.4) is 0 Å². The summed E-state index contributed by atoms with van der Waals surface area (Å²) in [5, 5.41) is 5.96. The van der Waals surface area contributed by atoms with Crippen LogP contribution in [0.2, 0.25) is 0 Å². The van der Waals surface area contributed by atoms with Crippen molar-refractivity contribution in [2.45, 2.75) is 73.0 Å². The van der Waals surface area contributed by atoms with Crippen LogP contribution in [0.15, 0.2) is 24.4 Å². The van der Waals surface area contributed by atoms with E-state index in [0.717, 1.165) is 36.2 Å². The van der Waals surface area contributed by atoms with Crippen molar-refractivity contribution >= 4 is 28.7 Å². The van der Waals surface area contributed by atoms with E-state index < -0.39 is 0 Å². The first-order chi connectivity index (χ1) is 16.4. The van der Waals surface area contributed by atoms with Gasteiger partial charge in [-0.3, -0.25) is 9.59 Å². The van der Waals surface area contributed by atoms with Crippen LogP contribution in [0.5, 0.6) is 0 Å². The fourth-order valence-electron chi connectivity index (χ4n) is 4.18. The van der Waals surface area contributed by atoms with Gasteiger partial charge in [-0.25, -0.2) is 19.1 Å². The van der Waals surface area contributed by atoms with E-state index in [9.17, 15) is 9.59 Å². The van der Waals surface area contributed by atoms with Crippen molar-refractivity contribution in [2.75, 3.05) is 12.3 Å². The molecule has 0 bridgehead atoms. The van der Waals surface area contributed by atoms with E-state index in [1.807, 2.05) is 18.2 Å². The molecule has 0 aliphatic carbocycles. The van der Waals surface area contributed by atoms with Crippen LogP contribution < -0.4 is 20.9 Å². The maximum Gasteiger partial charge on any atom is 0.277 e. The number of nitrogens with one attached hydrogen (secondary N) is 2. The molecule has 0 aliphatic heterocycles. The van der Waals surface area contributed by atoms with E-state index in [-0.39, 0.29) is 23.3 Å². The fourth-order valence-corrected chi connectivity index (χ4v) is 4.18. The lowest BCUT2D eigenvalue weighted by Crippen LogP contribution is -2.40. The molecule has 9 heteroatoms. The summed E-state index contributed by atoms with van der Waals surface area (Å²) in [4.78, 5) is 33.7. The molecule has 1 aromatic carbocycles. The number of hydrogen-bond acceptors (Lipinski definition) is 5. The van der Waals surface area contributed by atoms with Gasteiger partial charge in [0.1, 0.15) is 6.54 Å². The number of carbonyl (C=O) groups excluding carboxylic acids is 2. The van der Waals surface area contributed by atoms with Crippen LogP contribution in [-0.2, 0) is 19.6 Å². The highest BCUT2D eigenvalue weighted by atomic mass is 16.2. The van der Waals surface area contributed by atoms with Gasteiger partial charge in [0.15, 0.2) is 22.5 Å². The molecule has 2 aromatic heterocycles. The van der Waals surface area contributed by atoms with E-state index in [0.29, 0.717) is 30.9 Å². The molecule has 0 radical (unpaired) electrons. The van der Waals surface area contributed by atoms with Crippen LogP contribution in [0.4, 0.5) is 5.82 Å². The van der Waals surface area contributed by atoms with Crippen molar-refractivity contribution in [1.29, 1.82) is 0 Å². The van der Waals surface area contributed by atoms with Crippen molar-refractivity contribution in [3.05, 3.63) is 47.2 Å². The first kappa shape index (κ1) is 25.1. The highest BCUT2D eigenvalue weighted by Crippen LogP contribution is 2.18. The second-order valence-corrected chi connectivity index (χ2v) is 8.35. The predicted octanol–water partition coefficient (Wildman–Crippen LogP) is 2.89. The Morgan fingerprint density at radius 1 is 1.09 bits per heavy atom. The molecule has 2 amide bonds. The van der Waals surface area contributed by atoms with Gasteiger partial charge in [-0.05, 0) is 39.3 Å². The third kappa shape index (κ3) is 5.52. The van der Waals surface area contributed by atoms with E-state index in [4.69, 9.17) is 5.73 Å². The molecular weight excluding hydrogens is 430 g/mol. The molecule has 0 saturated heterocycles. The smallest absolute Gasteiger partial charge is 0.277 e. The molecule has 4 N–H and O–H groups in total. The molecule has 3 aromatic rings. The highest BCUT2D eigenvalue weighted by molar-refractivity contribution is 5.97. The number of amides is 2. The maximum atomic E-state index is 12.8. The Bertz CT molecular complexity index is 1170. The zero-order valence-corrected chi connectivity index (χ0v) is 20.6. The standard InChI is InChI=1S/C25H35N7O2/c1-5-8-9-10-13-27-24(33)18-11-12-19-20(14-18)32(7-3)21(31(19)6-2)16-29-25(34)22-23(26)28-15-17(4)30-22/h11-12,14-15H,5-10,13,16H2,1-4H3,(H3-,26,27,28,29,33,34)/p+1. The summed E-state index contributed by atoms with van der Waals surface area (Å²) in [6.45, 7) is 10.5. The van der Waals surface area contributed by atoms with Crippen molar-refractivity contribution < 1.29 is 14.2 Å². The molecule has 34 heavy (non-hydrogen) atoms. The lowest BCUT2D eigenvalue weighted by Gasteiger charge is -2.07. The minimum atomic E-state index is -0.368. The summed E-state index contributed by atoms with van der Waals surface area (Å²) in [6, 6.07) is 5.77. The summed E-state index contributed by atoms with van der Waals surface area (Å²) < 4.78 is 4.28. The summed E-state index contributed by atoms with van der Waals surface area (Å²) in [7, 11) is 0. The molecule has 9 nitrogen and oxygen atoms in total. The lowest BCUT2D eigenvalue weighted by atomic mass is 10.1. The zero-order chi connectivity index (χ0) is 24.7. The van der Waals surface area contributed by atoms with Gasteiger partial charge in [-0.15, -0.1) is 0 Å². The van der Waals surface area contributed by atoms with Crippen LogP contribution in [-0.4, -0.2) is 32.9 Å². The van der Waals surface area contributed by atoms with E-state index in [1.165, 1.54) is 19.0 Å². The number of hydrogen-bond donors (Lipinski definition) is 3. The Kier molecular flexibility index (Phi) is 8.56. The molecule has 2 heterocycles. The predicted molar refractivity (Wildman–Crippen MR) is 132 cm³/mol. The largest absolute Gasteiger partial charge is 0.382 e. The van der Waals surface area contributed by atoms with Crippen molar-refractivity contribution in [1.82, 2.24) is 25.2 Å². The number of nitrogens with two attached hydrogens (primary N) is 1. The second kappa shape index (κ2) is 11.6. The van der Waals surface area contributed by atoms with Gasteiger partial charge in [0.2, 0.25) is 0 Å². The number of benzene rings is 1. The number of anilines is 1. The van der Waals surface area contributed by atoms with E-state index in [2.05, 4.69) is 50.5 Å². The third-order valence-corrected chi connectivity index (χ3v) is 5.93. The minimum Gasteiger partial charge on any atom is -0.382 e. The normalized spacial score (nSPS) is 11.1. The number of nitrogens with zero attached hydrogens (tertiary/aromatic N) is 4. The van der Waals surface area contributed by atoms with Crippen molar-refractivity contribution in [3.8, 4) is 0 Å². The summed E-state index contributed by atoms with van der Waals surface area (Å²) >= 11 is 0. The molecule has 0 atom stereocenters. The molecule has 0 saturated carbocycles. The van der Waals surface area contributed by atoms with Crippen molar-refractivity contribution in [2.24, 2.45) is 0 Å². The Morgan fingerprint density at radius 2 is 1.88 bits per heavy atom. The van der Waals surface area contributed by atoms with Gasteiger partial charge in [0.25, 0.3) is 17.6 Å². The molecule has 0 aliphatic rings. The van der Waals surface area contributed by atoms with Gasteiger partial charge < -0.3 is 16.4 Å². The number of aromatic nitrogens is 4. The topological polar surface area (TPSA) is 119 Å². The fraction of sp³-hybridized carbons (Fsp3) is 0.480. The van der Waals surface area contributed by atoms with E-state index in [1.54, 1.807) is 6.92 Å². The Balaban J connectivity index is 1.83. The quantitative estimate of drug-likeness (QED) is 0.297. The van der Waals surface area contributed by atoms with Crippen LogP contribution in [0.1, 0.15) is 78.8 Å². The van der Waals surface area contributed by atoms with Crippen LogP contribution in [0.25, 0.3) is 11.0 Å². The molecule has 0 unspecified atom stereocenters. The number of rotatable bonds is 11. The van der Waals surface area contributed by atoms with Crippen LogP contribution in [0, 0.1) is 6.92 Å². The molecule has 0 spiro atoms. The summed E-state index contributed by atoms with van der Waals surface area (Å²) in [5.41, 5.74) is 9.22. The maximum absolute atomic E-state index is 12.8. The van der Waals surface area contributed by atoms with Gasteiger partial charge in [-0.2, -0.15) is 0 Å². The Labute approximate surface area is 200 Å². The molecular formula is C25H36N7O2+. The Morgan fingerprint density at radius 3 is 2.59 bits per heavy atom. The number of aryl methyl sites for hydroxylation is 3. The average Bonchev–Trinajstić information content (AvgIpc) is 3.15. The molecule has 3 rings (SSSR count). The average molecular weight is 467 g/mol. The molecule has 182 valence electrons. The van der Waals surface area contributed by atoms with Gasteiger partial charge in [-0.1, -0.05) is 26.2 Å².